The van der Waals surface area contributed by atoms with Crippen LogP contribution in [0.15, 0.2) is 16.9 Å². The van der Waals surface area contributed by atoms with Crippen molar-refractivity contribution in [2.75, 3.05) is 6.61 Å². The van der Waals surface area contributed by atoms with E-state index in [4.69, 9.17) is 4.74 Å². The van der Waals surface area contributed by atoms with E-state index in [1.165, 1.54) is 19.2 Å². The number of aliphatic hydroxyl groups excluding tert-OH is 1. The molecule has 8 heteroatoms. The van der Waals surface area contributed by atoms with Crippen molar-refractivity contribution < 1.29 is 14.2 Å². The Balaban J connectivity index is 2.64. The number of aromatic nitrogens is 4. The third kappa shape index (κ3) is 3.58. The summed E-state index contributed by atoms with van der Waals surface area (Å²) in [5, 5.41) is 16.8. The van der Waals surface area contributed by atoms with Gasteiger partial charge in [0, 0.05) is 13.1 Å². The molecule has 1 aromatic heterocycles. The zero-order valence-corrected chi connectivity index (χ0v) is 13.9. The van der Waals surface area contributed by atoms with Crippen molar-refractivity contribution in [3.8, 4) is 11.4 Å². The molecule has 2 rings (SSSR count). The van der Waals surface area contributed by atoms with Crippen LogP contribution in [0, 0.1) is 5.82 Å². The van der Waals surface area contributed by atoms with Gasteiger partial charge in [-0.1, -0.05) is 20.8 Å². The molecule has 1 atom stereocenters. The average Bonchev–Trinajstić information content (AvgIpc) is 2.75. The van der Waals surface area contributed by atoms with Crippen LogP contribution < -0.4 is 10.4 Å². The first-order valence-electron chi connectivity index (χ1n) is 7.25. The number of rotatable bonds is 4. The summed E-state index contributed by atoms with van der Waals surface area (Å²) in [5.41, 5.74) is -0.226. The molecule has 1 heterocycles. The summed E-state index contributed by atoms with van der Waals surface area (Å²) in [6, 6.07) is 2.74. The molecule has 0 amide bonds. The Morgan fingerprint density at radius 2 is 2.00 bits per heavy atom. The maximum Gasteiger partial charge on any atom is 0.368 e. The van der Waals surface area contributed by atoms with Crippen LogP contribution in [0.2, 0.25) is 0 Å². The van der Waals surface area contributed by atoms with Gasteiger partial charge in [-0.2, -0.15) is 9.36 Å². The lowest BCUT2D eigenvalue weighted by Crippen LogP contribution is -2.24. The molecule has 1 unspecified atom stereocenters. The summed E-state index contributed by atoms with van der Waals surface area (Å²) in [7, 11) is 1.47. The van der Waals surface area contributed by atoms with Gasteiger partial charge in [0.1, 0.15) is 23.9 Å². The third-order valence-corrected chi connectivity index (χ3v) is 3.29. The quantitative estimate of drug-likeness (QED) is 0.913. The van der Waals surface area contributed by atoms with Crippen LogP contribution in [0.5, 0.6) is 5.75 Å². The van der Waals surface area contributed by atoms with Crippen LogP contribution in [0.3, 0.4) is 0 Å². The smallest absolute Gasteiger partial charge is 0.368 e. The first-order valence-corrected chi connectivity index (χ1v) is 7.25. The van der Waals surface area contributed by atoms with E-state index in [1.807, 2.05) is 20.8 Å². The van der Waals surface area contributed by atoms with Crippen LogP contribution in [0.25, 0.3) is 5.69 Å². The monoisotopic (exact) mass is 324 g/mol. The third-order valence-electron chi connectivity index (χ3n) is 3.29. The number of ether oxygens (including phenoxy) is 1. The van der Waals surface area contributed by atoms with Gasteiger partial charge in [0.2, 0.25) is 0 Å². The Morgan fingerprint density at radius 3 is 2.48 bits per heavy atom. The van der Waals surface area contributed by atoms with Gasteiger partial charge in [0.25, 0.3) is 0 Å². The molecular formula is C15H21FN4O3. The Labute approximate surface area is 133 Å². The summed E-state index contributed by atoms with van der Waals surface area (Å²) >= 11 is 0. The van der Waals surface area contributed by atoms with Crippen LogP contribution >= 0.6 is 0 Å². The zero-order valence-electron chi connectivity index (χ0n) is 13.9. The number of aliphatic hydroxyl groups is 1. The van der Waals surface area contributed by atoms with Crippen molar-refractivity contribution in [2.24, 2.45) is 7.05 Å². The molecule has 0 radical (unpaired) electrons. The fourth-order valence-electron chi connectivity index (χ4n) is 2.07. The lowest BCUT2D eigenvalue weighted by molar-refractivity contribution is 0.122. The number of tetrazole rings is 1. The van der Waals surface area contributed by atoms with Crippen molar-refractivity contribution >= 4 is 0 Å². The second-order valence-corrected chi connectivity index (χ2v) is 6.51. The minimum Gasteiger partial charge on any atom is -0.489 e. The molecule has 0 aliphatic heterocycles. The van der Waals surface area contributed by atoms with E-state index < -0.39 is 23.0 Å². The standard InChI is InChI=1S/C15H21FN4O3/c1-9(21)8-23-13-7-11(16)10(15(2,3)4)6-12(13)20-14(22)19(5)17-18-20/h6-7,9,21H,8H2,1-5H3. The lowest BCUT2D eigenvalue weighted by Gasteiger charge is -2.22. The van der Waals surface area contributed by atoms with E-state index >= 15 is 0 Å². The SMILES string of the molecule is CC(O)COc1cc(F)c(C(C)(C)C)cc1-n1nnn(C)c1=O. The predicted molar refractivity (Wildman–Crippen MR) is 82.4 cm³/mol. The van der Waals surface area contributed by atoms with Crippen molar-refractivity contribution in [1.29, 1.82) is 0 Å². The largest absolute Gasteiger partial charge is 0.489 e. The van der Waals surface area contributed by atoms with E-state index in [0.29, 0.717) is 5.56 Å². The van der Waals surface area contributed by atoms with Gasteiger partial charge in [0.15, 0.2) is 0 Å². The van der Waals surface area contributed by atoms with E-state index in [9.17, 15) is 14.3 Å². The topological polar surface area (TPSA) is 82.2 Å². The summed E-state index contributed by atoms with van der Waals surface area (Å²) in [4.78, 5) is 12.1. The molecule has 1 aromatic carbocycles. The van der Waals surface area contributed by atoms with Gasteiger partial charge in [-0.3, -0.25) is 0 Å². The van der Waals surface area contributed by atoms with Gasteiger partial charge in [-0.15, -0.1) is 0 Å². The van der Waals surface area contributed by atoms with Crippen molar-refractivity contribution in [3.63, 3.8) is 0 Å². The van der Waals surface area contributed by atoms with E-state index in [2.05, 4.69) is 10.4 Å². The number of hydrogen-bond acceptors (Lipinski definition) is 5. The van der Waals surface area contributed by atoms with Crippen LogP contribution in [-0.2, 0) is 12.5 Å². The maximum absolute atomic E-state index is 14.4. The first kappa shape index (κ1) is 17.1. The second kappa shape index (κ2) is 6.11. The van der Waals surface area contributed by atoms with Crippen LogP contribution in [0.4, 0.5) is 4.39 Å². The van der Waals surface area contributed by atoms with E-state index in [0.717, 1.165) is 9.36 Å². The van der Waals surface area contributed by atoms with Gasteiger partial charge in [-0.05, 0) is 34.4 Å². The lowest BCUT2D eigenvalue weighted by atomic mass is 9.86. The number of halogens is 1. The van der Waals surface area contributed by atoms with E-state index in [1.54, 1.807) is 6.92 Å². The molecule has 0 aliphatic carbocycles. The average molecular weight is 324 g/mol. The molecule has 0 aliphatic rings. The number of aryl methyl sites for hydroxylation is 1. The van der Waals surface area contributed by atoms with E-state index in [-0.39, 0.29) is 18.0 Å². The fourth-order valence-corrected chi connectivity index (χ4v) is 2.07. The highest BCUT2D eigenvalue weighted by Gasteiger charge is 2.23. The molecule has 1 N–H and O–H groups in total. The molecule has 23 heavy (non-hydrogen) atoms. The summed E-state index contributed by atoms with van der Waals surface area (Å²) in [6.45, 7) is 7.12. The van der Waals surface area contributed by atoms with Gasteiger partial charge < -0.3 is 9.84 Å². The molecule has 0 spiro atoms. The molecule has 0 saturated carbocycles. The summed E-state index contributed by atoms with van der Waals surface area (Å²) in [6.07, 6.45) is -0.730. The molecule has 7 nitrogen and oxygen atoms in total. The van der Waals surface area contributed by atoms with Crippen molar-refractivity contribution in [3.05, 3.63) is 34.0 Å². The minimum atomic E-state index is -0.730. The molecule has 0 fully saturated rings. The van der Waals surface area contributed by atoms with Crippen LogP contribution in [0.1, 0.15) is 33.3 Å². The molecule has 0 bridgehead atoms. The Kier molecular flexibility index (Phi) is 4.56. The summed E-state index contributed by atoms with van der Waals surface area (Å²) in [5.74, 6) is -0.321. The zero-order chi connectivity index (χ0) is 17.4. The fraction of sp³-hybridized carbons (Fsp3) is 0.533. The van der Waals surface area contributed by atoms with Crippen molar-refractivity contribution in [2.45, 2.75) is 39.2 Å². The molecule has 0 saturated heterocycles. The van der Waals surface area contributed by atoms with Crippen molar-refractivity contribution in [1.82, 2.24) is 19.8 Å². The molecule has 2 aromatic rings. The number of nitrogens with zero attached hydrogens (tertiary/aromatic N) is 4. The van der Waals surface area contributed by atoms with Gasteiger partial charge in [0.05, 0.1) is 6.10 Å². The highest BCUT2D eigenvalue weighted by atomic mass is 19.1. The maximum atomic E-state index is 14.4. The minimum absolute atomic E-state index is 0.0314. The Morgan fingerprint density at radius 1 is 1.35 bits per heavy atom. The molecule has 126 valence electrons. The highest BCUT2D eigenvalue weighted by molar-refractivity contribution is 5.50. The first-order chi connectivity index (χ1) is 10.6. The second-order valence-electron chi connectivity index (χ2n) is 6.51. The molecular weight excluding hydrogens is 303 g/mol. The number of benzene rings is 1. The van der Waals surface area contributed by atoms with Gasteiger partial charge >= 0.3 is 5.69 Å². The predicted octanol–water partition coefficient (Wildman–Crippen LogP) is 1.16. The highest BCUT2D eigenvalue weighted by Crippen LogP contribution is 2.32. The van der Waals surface area contributed by atoms with Gasteiger partial charge in [-0.25, -0.2) is 9.18 Å². The Hall–Kier alpha value is -2.22. The normalized spacial score (nSPS) is 13.2. The Bertz CT molecular complexity index is 759. The van der Waals surface area contributed by atoms with Crippen LogP contribution in [-0.4, -0.2) is 37.6 Å². The number of hydrogen-bond donors (Lipinski definition) is 1. The summed E-state index contributed by atoms with van der Waals surface area (Å²) < 4.78 is 22.0.